The Bertz CT molecular complexity index is 1400. The second kappa shape index (κ2) is 12.4. The van der Waals surface area contributed by atoms with Gasteiger partial charge in [0.1, 0.15) is 0 Å². The van der Waals surface area contributed by atoms with Gasteiger partial charge in [-0.05, 0) is 66.7 Å². The molecule has 2 amide bonds. The summed E-state index contributed by atoms with van der Waals surface area (Å²) >= 11 is 0. The van der Waals surface area contributed by atoms with Gasteiger partial charge in [-0.2, -0.15) is 5.26 Å². The first-order valence-corrected chi connectivity index (χ1v) is 15.3. The molecule has 0 radical (unpaired) electrons. The van der Waals surface area contributed by atoms with Gasteiger partial charge in [0.15, 0.2) is 25.9 Å². The molecule has 0 aliphatic rings. The summed E-state index contributed by atoms with van der Waals surface area (Å²) in [5.41, 5.74) is 2.08. The van der Waals surface area contributed by atoms with Gasteiger partial charge >= 0.3 is 0 Å². The van der Waals surface area contributed by atoms with E-state index >= 15 is 0 Å². The summed E-state index contributed by atoms with van der Waals surface area (Å²) in [6.07, 6.45) is 10.2. The highest BCUT2D eigenvalue weighted by Gasteiger charge is 2.37. The maximum atomic E-state index is 13.0. The average Bonchev–Trinajstić information content (AvgIpc) is 2.91. The van der Waals surface area contributed by atoms with Crippen LogP contribution in [0, 0.1) is 23.8 Å². The third kappa shape index (κ3) is 7.51. The Labute approximate surface area is 230 Å². The van der Waals surface area contributed by atoms with E-state index in [2.05, 4.69) is 66.6 Å². The lowest BCUT2D eigenvalue weighted by molar-refractivity contribution is 0.0983. The zero-order valence-corrected chi connectivity index (χ0v) is 23.8. The number of hydrogen-bond acceptors (Lipinski definition) is 7. The number of benzene rings is 2. The van der Waals surface area contributed by atoms with Crippen LogP contribution in [0.2, 0.25) is 18.1 Å². The van der Waals surface area contributed by atoms with Crippen molar-refractivity contribution in [2.45, 2.75) is 38.9 Å². The number of nitrogens with one attached hydrogen (secondary N) is 2. The summed E-state index contributed by atoms with van der Waals surface area (Å²) in [5, 5.41) is 15.2. The minimum absolute atomic E-state index is 0.0851. The molecule has 1 heterocycles. The number of carbonyl (C=O) groups excluding carboxylic acids is 2. The summed E-state index contributed by atoms with van der Waals surface area (Å²) in [6, 6.07) is 13.5. The monoisotopic (exact) mass is 540 g/mol. The lowest BCUT2D eigenvalue weighted by Crippen LogP contribution is -2.42. The van der Waals surface area contributed by atoms with Gasteiger partial charge in [-0.3, -0.25) is 14.5 Å². The molecule has 0 bridgehead atoms. The molecule has 0 unspecified atom stereocenters. The second-order valence-electron chi connectivity index (χ2n) is 10.3. The van der Waals surface area contributed by atoms with Crippen LogP contribution in [-0.2, 0) is 4.43 Å². The molecule has 0 fully saturated rings. The normalized spacial score (nSPS) is 11.2. The lowest BCUT2D eigenvalue weighted by atomic mass is 10.2. The van der Waals surface area contributed by atoms with E-state index in [-0.39, 0.29) is 16.4 Å². The molecule has 3 rings (SSSR count). The number of amides is 2. The predicted octanol–water partition coefficient (Wildman–Crippen LogP) is 5.27. The summed E-state index contributed by atoms with van der Waals surface area (Å²) in [6.45, 7) is 11.7. The Morgan fingerprint density at radius 2 is 1.44 bits per heavy atom. The van der Waals surface area contributed by atoms with Crippen LogP contribution < -0.4 is 15.5 Å². The van der Waals surface area contributed by atoms with E-state index in [1.807, 2.05) is 0 Å². The molecule has 0 aliphatic heterocycles. The van der Waals surface area contributed by atoms with Crippen LogP contribution in [0.4, 0.5) is 17.1 Å². The smallest absolute Gasteiger partial charge is 0.276 e. The van der Waals surface area contributed by atoms with Crippen molar-refractivity contribution in [2.24, 2.45) is 0 Å². The van der Waals surface area contributed by atoms with E-state index in [1.165, 1.54) is 12.4 Å². The highest BCUT2D eigenvalue weighted by molar-refractivity contribution is 6.74. The van der Waals surface area contributed by atoms with Gasteiger partial charge in [-0.25, -0.2) is 9.97 Å². The molecule has 1 aromatic heterocycles. The predicted molar refractivity (Wildman–Crippen MR) is 155 cm³/mol. The maximum Gasteiger partial charge on any atom is 0.276 e. The zero-order valence-electron chi connectivity index (χ0n) is 22.8. The summed E-state index contributed by atoms with van der Waals surface area (Å²) < 4.78 is 6.19. The second-order valence-corrected chi connectivity index (χ2v) is 15.1. The molecule has 2 aromatic carbocycles. The standard InChI is InChI=1S/C29H32N6O3Si/c1-7-21-8-10-22(11-9-21)33-27(36)25-26(32-17-16-31-25)28(37)34-23-12-14-24(15-13-23)35(20-30)18-19-38-39(5,6)29(2,3)4/h1,8-17H,18-19H2,2-6H3,(H,33,36)(H,34,37). The van der Waals surface area contributed by atoms with Crippen LogP contribution in [0.15, 0.2) is 60.9 Å². The largest absolute Gasteiger partial charge is 0.415 e. The van der Waals surface area contributed by atoms with E-state index in [0.29, 0.717) is 35.8 Å². The van der Waals surface area contributed by atoms with Crippen molar-refractivity contribution in [1.29, 1.82) is 5.26 Å². The number of carbonyl (C=O) groups is 2. The van der Waals surface area contributed by atoms with Gasteiger partial charge in [0.2, 0.25) is 0 Å². The molecule has 39 heavy (non-hydrogen) atoms. The minimum Gasteiger partial charge on any atom is -0.415 e. The van der Waals surface area contributed by atoms with Crippen LogP contribution in [0.1, 0.15) is 47.3 Å². The Balaban J connectivity index is 1.65. The molecule has 3 aromatic rings. The van der Waals surface area contributed by atoms with Gasteiger partial charge in [-0.1, -0.05) is 26.7 Å². The lowest BCUT2D eigenvalue weighted by Gasteiger charge is -2.36. The van der Waals surface area contributed by atoms with Crippen LogP contribution in [-0.4, -0.2) is 43.3 Å². The van der Waals surface area contributed by atoms with Gasteiger partial charge < -0.3 is 15.1 Å². The molecular formula is C29H32N6O3Si. The molecule has 0 aliphatic carbocycles. The van der Waals surface area contributed by atoms with E-state index in [0.717, 1.165) is 0 Å². The van der Waals surface area contributed by atoms with Gasteiger partial charge in [-0.15, -0.1) is 6.42 Å². The number of hydrogen-bond donors (Lipinski definition) is 2. The fourth-order valence-corrected chi connectivity index (χ4v) is 4.31. The topological polar surface area (TPSA) is 120 Å². The molecule has 0 spiro atoms. The van der Waals surface area contributed by atoms with Crippen molar-refractivity contribution in [3.63, 3.8) is 0 Å². The van der Waals surface area contributed by atoms with Crippen molar-refractivity contribution < 1.29 is 14.0 Å². The van der Waals surface area contributed by atoms with Crippen molar-refractivity contribution in [2.75, 3.05) is 28.7 Å². The van der Waals surface area contributed by atoms with Crippen LogP contribution in [0.3, 0.4) is 0 Å². The number of nitriles is 1. The number of rotatable bonds is 9. The van der Waals surface area contributed by atoms with E-state index < -0.39 is 20.1 Å². The van der Waals surface area contributed by atoms with Gasteiger partial charge in [0.25, 0.3) is 11.8 Å². The number of terminal acetylenes is 1. The third-order valence-corrected chi connectivity index (χ3v) is 11.1. The van der Waals surface area contributed by atoms with Crippen molar-refractivity contribution in [1.82, 2.24) is 9.97 Å². The Kier molecular flexibility index (Phi) is 9.20. The van der Waals surface area contributed by atoms with E-state index in [4.69, 9.17) is 10.8 Å². The molecule has 0 saturated heterocycles. The first-order chi connectivity index (χ1) is 18.4. The fourth-order valence-electron chi connectivity index (χ4n) is 3.27. The first kappa shape index (κ1) is 29.0. The number of aromatic nitrogens is 2. The minimum atomic E-state index is -1.91. The molecule has 10 heteroatoms. The highest BCUT2D eigenvalue weighted by atomic mass is 28.4. The highest BCUT2D eigenvalue weighted by Crippen LogP contribution is 2.36. The summed E-state index contributed by atoms with van der Waals surface area (Å²) in [4.78, 5) is 35.5. The Morgan fingerprint density at radius 3 is 1.87 bits per heavy atom. The average molecular weight is 541 g/mol. The van der Waals surface area contributed by atoms with E-state index in [9.17, 15) is 14.9 Å². The van der Waals surface area contributed by atoms with E-state index in [1.54, 1.807) is 53.4 Å². The van der Waals surface area contributed by atoms with Crippen molar-refractivity contribution >= 4 is 37.2 Å². The first-order valence-electron chi connectivity index (χ1n) is 12.4. The van der Waals surface area contributed by atoms with Crippen LogP contribution in [0.25, 0.3) is 0 Å². The number of nitrogens with zero attached hydrogens (tertiary/aromatic N) is 4. The molecule has 0 saturated carbocycles. The third-order valence-electron chi connectivity index (χ3n) is 6.58. The van der Waals surface area contributed by atoms with Crippen molar-refractivity contribution in [3.05, 3.63) is 77.9 Å². The molecule has 2 N–H and O–H groups in total. The summed E-state index contributed by atoms with van der Waals surface area (Å²) in [5.74, 6) is 1.33. The SMILES string of the molecule is C#Cc1ccc(NC(=O)c2nccnc2C(=O)Nc2ccc(N(C#N)CCO[Si](C)(C)C(C)(C)C)cc2)cc1. The molecular weight excluding hydrogens is 508 g/mol. The van der Waals surface area contributed by atoms with Crippen molar-refractivity contribution in [3.8, 4) is 18.5 Å². The summed E-state index contributed by atoms with van der Waals surface area (Å²) in [7, 11) is -1.91. The van der Waals surface area contributed by atoms with Gasteiger partial charge in [0, 0.05) is 29.3 Å². The maximum absolute atomic E-state index is 13.0. The Hall–Kier alpha value is -4.51. The number of anilines is 3. The molecule has 0 atom stereocenters. The molecule has 9 nitrogen and oxygen atoms in total. The molecule has 200 valence electrons. The Morgan fingerprint density at radius 1 is 0.949 bits per heavy atom. The van der Waals surface area contributed by atoms with Crippen LogP contribution >= 0.6 is 0 Å². The van der Waals surface area contributed by atoms with Crippen LogP contribution in [0.5, 0.6) is 0 Å². The zero-order chi connectivity index (χ0) is 28.6. The fraction of sp³-hybridized carbons (Fsp3) is 0.276. The van der Waals surface area contributed by atoms with Gasteiger partial charge in [0.05, 0.1) is 18.8 Å². The quantitative estimate of drug-likeness (QED) is 0.164.